The first-order valence-corrected chi connectivity index (χ1v) is 25.2. The second kappa shape index (κ2) is 42.7. The summed E-state index contributed by atoms with van der Waals surface area (Å²) in [5, 5.41) is 56.4. The van der Waals surface area contributed by atoms with Crippen LogP contribution in [-0.2, 0) is 23.8 Å². The predicted molar refractivity (Wildman–Crippen MR) is 268 cm³/mol. The van der Waals surface area contributed by atoms with Crippen molar-refractivity contribution in [2.24, 2.45) is 0 Å². The number of unbranched alkanes of at least 4 members (excludes halogenated alkanes) is 13. The Morgan fingerprint density at radius 1 is 0.621 bits per heavy atom. The molecule has 6 N–H and O–H groups in total. The van der Waals surface area contributed by atoms with Crippen molar-refractivity contribution >= 4 is 11.9 Å². The molecule has 0 aromatic heterocycles. The number of ether oxygens (including phenoxy) is 3. The molecule has 0 aromatic carbocycles. The summed E-state index contributed by atoms with van der Waals surface area (Å²) in [5.74, 6) is -1.31. The maximum absolute atomic E-state index is 13.3. The maximum Gasteiger partial charge on any atom is 0.306 e. The molecule has 1 aliphatic rings. The van der Waals surface area contributed by atoms with Gasteiger partial charge in [0.2, 0.25) is 5.91 Å². The number of nitrogens with one attached hydrogen (secondary N) is 1. The third-order valence-electron chi connectivity index (χ3n) is 11.0. The Morgan fingerprint density at radius 2 is 1.17 bits per heavy atom. The number of amides is 1. The third-order valence-corrected chi connectivity index (χ3v) is 11.0. The number of rotatable bonds is 39. The van der Waals surface area contributed by atoms with Crippen LogP contribution in [0.25, 0.3) is 0 Å². The molecule has 0 aliphatic carbocycles. The van der Waals surface area contributed by atoms with Crippen LogP contribution in [-0.4, -0.2) is 99.6 Å². The zero-order valence-corrected chi connectivity index (χ0v) is 40.8. The molecule has 0 spiro atoms. The molecule has 11 heteroatoms. The van der Waals surface area contributed by atoms with Crippen LogP contribution >= 0.6 is 0 Å². The number of hydrogen-bond acceptors (Lipinski definition) is 10. The molecule has 8 unspecified atom stereocenters. The average Bonchev–Trinajstić information content (AvgIpc) is 3.31. The smallest absolute Gasteiger partial charge is 0.306 e. The number of carbonyl (C=O) groups is 2. The molecule has 0 radical (unpaired) electrons. The van der Waals surface area contributed by atoms with Gasteiger partial charge in [-0.15, -0.1) is 0 Å². The van der Waals surface area contributed by atoms with E-state index in [1.54, 1.807) is 6.08 Å². The SMILES string of the molecule is CC/C=C/C=C/C=C\C=C/C=C/CCCC(=O)OC1C(OCC(NC(=O)C(O)CCCCC/C=C/C/C=C/C/C=C/CC)C(O)/C=C/CCCCCCCCCCC)OC(CO)C(O)C1O. The van der Waals surface area contributed by atoms with E-state index in [2.05, 4.69) is 68.6 Å². The van der Waals surface area contributed by atoms with Crippen molar-refractivity contribution in [2.45, 2.75) is 211 Å². The van der Waals surface area contributed by atoms with Crippen molar-refractivity contribution < 1.29 is 49.3 Å². The molecule has 1 heterocycles. The van der Waals surface area contributed by atoms with Gasteiger partial charge in [0.1, 0.15) is 24.4 Å². The highest BCUT2D eigenvalue weighted by molar-refractivity contribution is 5.80. The van der Waals surface area contributed by atoms with Gasteiger partial charge < -0.3 is 45.1 Å². The molecular weight excluding hydrogens is 835 g/mol. The highest BCUT2D eigenvalue weighted by Gasteiger charge is 2.47. The lowest BCUT2D eigenvalue weighted by Crippen LogP contribution is -2.61. The quantitative estimate of drug-likeness (QED) is 0.0151. The fraction of sp³-hybridized carbons (Fsp3) is 0.636. The van der Waals surface area contributed by atoms with Crippen LogP contribution in [0.4, 0.5) is 0 Å². The summed E-state index contributed by atoms with van der Waals surface area (Å²) in [6, 6.07) is -1.05. The van der Waals surface area contributed by atoms with Gasteiger partial charge in [0.15, 0.2) is 12.4 Å². The molecule has 1 amide bonds. The Bertz CT molecular complexity index is 1480. The van der Waals surface area contributed by atoms with Gasteiger partial charge >= 0.3 is 5.97 Å². The lowest BCUT2D eigenvalue weighted by molar-refractivity contribution is -0.305. The van der Waals surface area contributed by atoms with E-state index >= 15 is 0 Å². The fourth-order valence-electron chi connectivity index (χ4n) is 7.05. The van der Waals surface area contributed by atoms with Gasteiger partial charge in [-0.1, -0.05) is 194 Å². The summed E-state index contributed by atoms with van der Waals surface area (Å²) in [7, 11) is 0. The van der Waals surface area contributed by atoms with Crippen LogP contribution in [0.5, 0.6) is 0 Å². The molecule has 66 heavy (non-hydrogen) atoms. The van der Waals surface area contributed by atoms with E-state index in [4.69, 9.17) is 14.2 Å². The lowest BCUT2D eigenvalue weighted by atomic mass is 9.99. The van der Waals surface area contributed by atoms with Crippen LogP contribution in [0.2, 0.25) is 0 Å². The molecular formula is C55H89NO10. The Hall–Kier alpha value is -3.68. The first-order chi connectivity index (χ1) is 32.2. The fourth-order valence-corrected chi connectivity index (χ4v) is 7.05. The van der Waals surface area contributed by atoms with Crippen LogP contribution < -0.4 is 5.32 Å². The minimum Gasteiger partial charge on any atom is -0.454 e. The number of carbonyl (C=O) groups excluding carboxylic acids is 2. The highest BCUT2D eigenvalue weighted by Crippen LogP contribution is 2.26. The maximum atomic E-state index is 13.3. The van der Waals surface area contributed by atoms with E-state index in [-0.39, 0.29) is 19.4 Å². The summed E-state index contributed by atoms with van der Waals surface area (Å²) < 4.78 is 17.4. The van der Waals surface area contributed by atoms with Crippen molar-refractivity contribution in [1.29, 1.82) is 0 Å². The van der Waals surface area contributed by atoms with E-state index in [1.165, 1.54) is 38.5 Å². The molecule has 1 fully saturated rings. The van der Waals surface area contributed by atoms with Crippen LogP contribution in [0.3, 0.4) is 0 Å². The Balaban J connectivity index is 2.87. The van der Waals surface area contributed by atoms with E-state index < -0.39 is 67.4 Å². The first kappa shape index (κ1) is 60.3. The number of aliphatic hydroxyl groups excluding tert-OH is 5. The number of hydrogen-bond donors (Lipinski definition) is 6. The summed E-state index contributed by atoms with van der Waals surface area (Å²) in [4.78, 5) is 26.3. The summed E-state index contributed by atoms with van der Waals surface area (Å²) in [6.45, 7) is 5.40. The second-order valence-electron chi connectivity index (χ2n) is 16.9. The molecule has 1 aliphatic heterocycles. The number of esters is 1. The van der Waals surface area contributed by atoms with E-state index in [0.717, 1.165) is 70.6 Å². The summed E-state index contributed by atoms with van der Waals surface area (Å²) >= 11 is 0. The van der Waals surface area contributed by atoms with Gasteiger partial charge in [0, 0.05) is 6.42 Å². The van der Waals surface area contributed by atoms with Gasteiger partial charge in [0.05, 0.1) is 25.4 Å². The Morgan fingerprint density at radius 3 is 1.80 bits per heavy atom. The molecule has 1 rings (SSSR count). The molecule has 0 bridgehead atoms. The molecule has 1 saturated heterocycles. The van der Waals surface area contributed by atoms with Gasteiger partial charge in [-0.2, -0.15) is 0 Å². The van der Waals surface area contributed by atoms with Crippen LogP contribution in [0.15, 0.2) is 109 Å². The summed E-state index contributed by atoms with van der Waals surface area (Å²) in [6.07, 6.45) is 45.9. The molecule has 0 saturated carbocycles. The number of aliphatic hydroxyl groups is 5. The monoisotopic (exact) mass is 924 g/mol. The zero-order chi connectivity index (χ0) is 48.3. The third kappa shape index (κ3) is 31.3. The van der Waals surface area contributed by atoms with E-state index in [0.29, 0.717) is 19.3 Å². The molecule has 11 nitrogen and oxygen atoms in total. The largest absolute Gasteiger partial charge is 0.454 e. The van der Waals surface area contributed by atoms with Crippen molar-refractivity contribution in [1.82, 2.24) is 5.32 Å². The minimum absolute atomic E-state index is 0.0181. The van der Waals surface area contributed by atoms with Gasteiger partial charge in [-0.05, 0) is 70.6 Å². The van der Waals surface area contributed by atoms with Crippen LogP contribution in [0, 0.1) is 0 Å². The predicted octanol–water partition coefficient (Wildman–Crippen LogP) is 10.2. The number of allylic oxidation sites excluding steroid dienone is 17. The molecule has 8 atom stereocenters. The Kier molecular flexibility index (Phi) is 39.0. The summed E-state index contributed by atoms with van der Waals surface area (Å²) in [5.41, 5.74) is 0. The van der Waals surface area contributed by atoms with Crippen molar-refractivity contribution in [3.63, 3.8) is 0 Å². The Labute approximate surface area is 398 Å². The van der Waals surface area contributed by atoms with Crippen molar-refractivity contribution in [3.05, 3.63) is 109 Å². The minimum atomic E-state index is -1.65. The lowest BCUT2D eigenvalue weighted by Gasteiger charge is -2.41. The van der Waals surface area contributed by atoms with Crippen molar-refractivity contribution in [2.75, 3.05) is 13.2 Å². The van der Waals surface area contributed by atoms with Gasteiger partial charge in [-0.3, -0.25) is 9.59 Å². The van der Waals surface area contributed by atoms with E-state index in [9.17, 15) is 35.1 Å². The zero-order valence-electron chi connectivity index (χ0n) is 40.8. The van der Waals surface area contributed by atoms with Gasteiger partial charge in [-0.25, -0.2) is 0 Å². The second-order valence-corrected chi connectivity index (χ2v) is 16.9. The highest BCUT2D eigenvalue weighted by atomic mass is 16.7. The van der Waals surface area contributed by atoms with Crippen molar-refractivity contribution in [3.8, 4) is 0 Å². The molecule has 0 aromatic rings. The topological polar surface area (TPSA) is 175 Å². The first-order valence-electron chi connectivity index (χ1n) is 25.2. The van der Waals surface area contributed by atoms with E-state index in [1.807, 2.05) is 60.8 Å². The standard InChI is InChI=1S/C55H89NO10/c1-4-7-10-13-16-19-22-24-27-30-33-36-39-42-48(59)54(63)56-46(47(58)41-38-35-32-29-26-21-18-15-12-9-6-3)45-64-55-53(52(62)51(61)49(44-57)65-55)66-50(60)43-40-37-34-31-28-25-23-20-17-14-11-8-5-2/h7-8,10-11,14,16-17,19-20,23-25,27-28,31,34,38,41,46-49,51-53,55,57-59,61-62H,4-6,9,12-13,15,18,21-22,26,29-30,32-33,35-37,39-40,42-45H2,1-3H3,(H,56,63)/b10-7+,11-8+,17-14+,19-16+,23-20-,27-24+,28-25-,34-31+,41-38+. The molecule has 374 valence electrons. The normalized spacial score (nSPS) is 21.1. The van der Waals surface area contributed by atoms with Crippen LogP contribution in [0.1, 0.15) is 162 Å². The average molecular weight is 924 g/mol. The van der Waals surface area contributed by atoms with Gasteiger partial charge in [0.25, 0.3) is 0 Å².